The van der Waals surface area contributed by atoms with Gasteiger partial charge in [-0.1, -0.05) is 26.0 Å². The van der Waals surface area contributed by atoms with E-state index < -0.39 is 0 Å². The van der Waals surface area contributed by atoms with Gasteiger partial charge >= 0.3 is 5.97 Å². The third kappa shape index (κ3) is 6.69. The molecular weight excluding hydrogens is 309 g/mol. The van der Waals surface area contributed by atoms with Crippen molar-refractivity contribution >= 4 is 11.9 Å². The number of halogens is 1. The second kappa shape index (κ2) is 10.8. The number of hydrogen-bond acceptors (Lipinski definition) is 3. The standard InChI is InChI=1S/C19H28FNO3/c1-4-16(5-2)19(23)21(14-12-18(22)24-6-3)13-11-15-7-9-17(20)10-8-15/h7-10,16H,4-6,11-14H2,1-3H3. The highest BCUT2D eigenvalue weighted by atomic mass is 19.1. The maximum atomic E-state index is 13.0. The SMILES string of the molecule is CCOC(=O)CCN(CCc1ccc(F)cc1)C(=O)C(CC)CC. The second-order valence-electron chi connectivity index (χ2n) is 5.77. The van der Waals surface area contributed by atoms with Crippen molar-refractivity contribution in [3.05, 3.63) is 35.6 Å². The van der Waals surface area contributed by atoms with E-state index in [0.717, 1.165) is 18.4 Å². The summed E-state index contributed by atoms with van der Waals surface area (Å²) in [5.74, 6) is -0.514. The topological polar surface area (TPSA) is 46.6 Å². The molecule has 0 aliphatic heterocycles. The smallest absolute Gasteiger partial charge is 0.307 e. The Hall–Kier alpha value is -1.91. The van der Waals surface area contributed by atoms with Crippen LogP contribution < -0.4 is 0 Å². The van der Waals surface area contributed by atoms with E-state index in [1.165, 1.54) is 12.1 Å². The third-order valence-corrected chi connectivity index (χ3v) is 4.12. The zero-order chi connectivity index (χ0) is 17.9. The predicted octanol–water partition coefficient (Wildman–Crippen LogP) is 3.59. The summed E-state index contributed by atoms with van der Waals surface area (Å²) in [5.41, 5.74) is 0.967. The van der Waals surface area contributed by atoms with Crippen molar-refractivity contribution in [1.29, 1.82) is 0 Å². The summed E-state index contributed by atoms with van der Waals surface area (Å²) in [6.07, 6.45) is 2.39. The number of rotatable bonds is 10. The molecule has 0 aromatic heterocycles. The Kier molecular flexibility index (Phi) is 9.05. The first-order chi connectivity index (χ1) is 11.5. The first-order valence-electron chi connectivity index (χ1n) is 8.70. The number of hydrogen-bond donors (Lipinski definition) is 0. The van der Waals surface area contributed by atoms with Crippen molar-refractivity contribution in [1.82, 2.24) is 4.90 Å². The first-order valence-corrected chi connectivity index (χ1v) is 8.70. The molecule has 24 heavy (non-hydrogen) atoms. The lowest BCUT2D eigenvalue weighted by Crippen LogP contribution is -2.39. The fourth-order valence-electron chi connectivity index (χ4n) is 2.60. The minimum atomic E-state index is -0.290. The fraction of sp³-hybridized carbons (Fsp3) is 0.579. The van der Waals surface area contributed by atoms with Gasteiger partial charge in [-0.05, 0) is 43.9 Å². The van der Waals surface area contributed by atoms with Crippen molar-refractivity contribution < 1.29 is 18.7 Å². The zero-order valence-electron chi connectivity index (χ0n) is 14.9. The van der Waals surface area contributed by atoms with Crippen LogP contribution in [-0.4, -0.2) is 36.5 Å². The van der Waals surface area contributed by atoms with E-state index in [2.05, 4.69) is 0 Å². The van der Waals surface area contributed by atoms with Crippen LogP contribution in [0.1, 0.15) is 45.6 Å². The van der Waals surface area contributed by atoms with Crippen LogP contribution in [0, 0.1) is 11.7 Å². The lowest BCUT2D eigenvalue weighted by molar-refractivity contribution is -0.144. The van der Waals surface area contributed by atoms with E-state index in [9.17, 15) is 14.0 Å². The molecule has 1 aromatic rings. The van der Waals surface area contributed by atoms with E-state index in [1.807, 2.05) is 13.8 Å². The van der Waals surface area contributed by atoms with Crippen LogP contribution in [0.5, 0.6) is 0 Å². The molecule has 5 heteroatoms. The molecule has 0 fully saturated rings. The van der Waals surface area contributed by atoms with Crippen LogP contribution in [0.25, 0.3) is 0 Å². The zero-order valence-corrected chi connectivity index (χ0v) is 14.9. The Labute approximate surface area is 144 Å². The van der Waals surface area contributed by atoms with E-state index in [4.69, 9.17) is 4.74 Å². The lowest BCUT2D eigenvalue weighted by atomic mass is 10.0. The van der Waals surface area contributed by atoms with E-state index in [-0.39, 0.29) is 30.0 Å². The van der Waals surface area contributed by atoms with Gasteiger partial charge in [0.15, 0.2) is 0 Å². The molecule has 1 rings (SSSR count). The third-order valence-electron chi connectivity index (χ3n) is 4.12. The highest BCUT2D eigenvalue weighted by Crippen LogP contribution is 2.14. The van der Waals surface area contributed by atoms with E-state index in [0.29, 0.717) is 26.1 Å². The highest BCUT2D eigenvalue weighted by Gasteiger charge is 2.22. The maximum absolute atomic E-state index is 13.0. The van der Waals surface area contributed by atoms with Crippen molar-refractivity contribution in [2.24, 2.45) is 5.92 Å². The largest absolute Gasteiger partial charge is 0.466 e. The summed E-state index contributed by atoms with van der Waals surface area (Å²) in [6, 6.07) is 6.28. The van der Waals surface area contributed by atoms with Crippen molar-refractivity contribution in [3.8, 4) is 0 Å². The molecule has 0 unspecified atom stereocenters. The molecule has 0 spiro atoms. The maximum Gasteiger partial charge on any atom is 0.307 e. The monoisotopic (exact) mass is 337 g/mol. The number of ether oxygens (including phenoxy) is 1. The van der Waals surface area contributed by atoms with Gasteiger partial charge in [0, 0.05) is 19.0 Å². The van der Waals surface area contributed by atoms with Crippen LogP contribution in [0.2, 0.25) is 0 Å². The number of nitrogens with zero attached hydrogens (tertiary/aromatic N) is 1. The van der Waals surface area contributed by atoms with Crippen molar-refractivity contribution in [3.63, 3.8) is 0 Å². The molecule has 0 heterocycles. The molecule has 0 atom stereocenters. The number of benzene rings is 1. The molecule has 134 valence electrons. The predicted molar refractivity (Wildman–Crippen MR) is 92.0 cm³/mol. The summed E-state index contributed by atoms with van der Waals surface area (Å²) in [7, 11) is 0. The summed E-state index contributed by atoms with van der Waals surface area (Å²) < 4.78 is 17.9. The molecule has 4 nitrogen and oxygen atoms in total. The Balaban J connectivity index is 2.70. The molecule has 0 N–H and O–H groups in total. The minimum absolute atomic E-state index is 0.0274. The molecular formula is C19H28FNO3. The molecule has 0 radical (unpaired) electrons. The Morgan fingerprint density at radius 2 is 1.71 bits per heavy atom. The van der Waals surface area contributed by atoms with Crippen LogP contribution in [0.3, 0.4) is 0 Å². The van der Waals surface area contributed by atoms with E-state index >= 15 is 0 Å². The van der Waals surface area contributed by atoms with Gasteiger partial charge in [-0.25, -0.2) is 4.39 Å². The molecule has 0 saturated carbocycles. The normalized spacial score (nSPS) is 10.7. The molecule has 0 bridgehead atoms. The number of esters is 1. The Morgan fingerprint density at radius 1 is 1.08 bits per heavy atom. The average molecular weight is 337 g/mol. The fourth-order valence-corrected chi connectivity index (χ4v) is 2.60. The number of carbonyl (C=O) groups is 2. The van der Waals surface area contributed by atoms with Gasteiger partial charge < -0.3 is 9.64 Å². The van der Waals surface area contributed by atoms with Gasteiger partial charge in [0.25, 0.3) is 0 Å². The average Bonchev–Trinajstić information content (AvgIpc) is 2.57. The molecule has 0 saturated heterocycles. The molecule has 0 aliphatic rings. The van der Waals surface area contributed by atoms with Crippen LogP contribution >= 0.6 is 0 Å². The summed E-state index contributed by atoms with van der Waals surface area (Å²) in [4.78, 5) is 26.0. The highest BCUT2D eigenvalue weighted by molar-refractivity contribution is 5.79. The number of amides is 1. The second-order valence-corrected chi connectivity index (χ2v) is 5.77. The van der Waals surface area contributed by atoms with Crippen LogP contribution in [0.15, 0.2) is 24.3 Å². The molecule has 1 amide bonds. The molecule has 0 aliphatic carbocycles. The van der Waals surface area contributed by atoms with Gasteiger partial charge in [-0.2, -0.15) is 0 Å². The Morgan fingerprint density at radius 3 is 2.25 bits per heavy atom. The number of carbonyl (C=O) groups excluding carboxylic acids is 2. The molecule has 1 aromatic carbocycles. The van der Waals surface area contributed by atoms with Crippen LogP contribution in [-0.2, 0) is 20.7 Å². The summed E-state index contributed by atoms with van der Waals surface area (Å²) in [6.45, 7) is 6.97. The lowest BCUT2D eigenvalue weighted by Gasteiger charge is -2.26. The van der Waals surface area contributed by atoms with Gasteiger partial charge in [-0.15, -0.1) is 0 Å². The minimum Gasteiger partial charge on any atom is -0.466 e. The first kappa shape index (κ1) is 20.1. The van der Waals surface area contributed by atoms with Gasteiger partial charge in [0.2, 0.25) is 5.91 Å². The summed E-state index contributed by atoms with van der Waals surface area (Å²) in [5, 5.41) is 0. The van der Waals surface area contributed by atoms with Gasteiger partial charge in [0.1, 0.15) is 5.82 Å². The summed E-state index contributed by atoms with van der Waals surface area (Å²) >= 11 is 0. The van der Waals surface area contributed by atoms with Crippen LogP contribution in [0.4, 0.5) is 4.39 Å². The van der Waals surface area contributed by atoms with Gasteiger partial charge in [0.05, 0.1) is 13.0 Å². The Bertz CT molecular complexity index is 512. The van der Waals surface area contributed by atoms with E-state index in [1.54, 1.807) is 24.0 Å². The van der Waals surface area contributed by atoms with Crippen molar-refractivity contribution in [2.45, 2.75) is 46.5 Å². The van der Waals surface area contributed by atoms with Gasteiger partial charge in [-0.3, -0.25) is 9.59 Å². The quantitative estimate of drug-likeness (QED) is 0.613. The van der Waals surface area contributed by atoms with Crippen molar-refractivity contribution in [2.75, 3.05) is 19.7 Å².